The lowest BCUT2D eigenvalue weighted by molar-refractivity contribution is -0.136. The maximum Gasteiger partial charge on any atom is 0.255 e. The first-order chi connectivity index (χ1) is 14.0. The first-order valence-corrected chi connectivity index (χ1v) is 10.2. The van der Waals surface area contributed by atoms with Gasteiger partial charge in [-0.25, -0.2) is 0 Å². The molecule has 1 saturated heterocycles. The molecule has 2 heterocycles. The molecule has 3 rings (SSSR count). The number of imide groups is 1. The summed E-state index contributed by atoms with van der Waals surface area (Å²) in [7, 11) is 3.98. The lowest BCUT2D eigenvalue weighted by Crippen LogP contribution is -2.52. The Labute approximate surface area is 171 Å². The number of rotatable bonds is 10. The zero-order chi connectivity index (χ0) is 20.8. The van der Waals surface area contributed by atoms with E-state index in [0.29, 0.717) is 25.1 Å². The Bertz CT molecular complexity index is 767. The van der Waals surface area contributed by atoms with E-state index in [9.17, 15) is 14.4 Å². The second kappa shape index (κ2) is 9.96. The molecule has 158 valence electrons. The van der Waals surface area contributed by atoms with Crippen LogP contribution in [-0.4, -0.2) is 74.0 Å². The molecule has 2 aliphatic rings. The van der Waals surface area contributed by atoms with Crippen LogP contribution in [0, 0.1) is 0 Å². The molecule has 8 heteroatoms. The minimum Gasteiger partial charge on any atom is -0.380 e. The molecule has 1 aromatic rings. The number of fused-ring (bicyclic) bond motifs is 1. The average molecular weight is 402 g/mol. The van der Waals surface area contributed by atoms with E-state index in [1.807, 2.05) is 32.3 Å². The molecule has 2 aliphatic heterocycles. The summed E-state index contributed by atoms with van der Waals surface area (Å²) >= 11 is 0. The molecule has 1 unspecified atom stereocenters. The largest absolute Gasteiger partial charge is 0.380 e. The average Bonchev–Trinajstić information content (AvgIpc) is 3.00. The lowest BCUT2D eigenvalue weighted by Gasteiger charge is -2.29. The van der Waals surface area contributed by atoms with Crippen LogP contribution in [0.2, 0.25) is 0 Å². The molecule has 1 fully saturated rings. The van der Waals surface area contributed by atoms with Crippen LogP contribution in [0.15, 0.2) is 18.2 Å². The second-order valence-corrected chi connectivity index (χ2v) is 7.70. The monoisotopic (exact) mass is 402 g/mol. The van der Waals surface area contributed by atoms with Crippen LogP contribution in [0.25, 0.3) is 0 Å². The number of ether oxygens (including phenoxy) is 1. The van der Waals surface area contributed by atoms with Gasteiger partial charge in [0, 0.05) is 38.2 Å². The quantitative estimate of drug-likeness (QED) is 0.438. The molecule has 3 amide bonds. The van der Waals surface area contributed by atoms with Crippen molar-refractivity contribution in [1.29, 1.82) is 0 Å². The van der Waals surface area contributed by atoms with E-state index in [0.717, 1.165) is 43.8 Å². The number of benzene rings is 1. The first kappa shape index (κ1) is 21.4. The minimum atomic E-state index is -0.571. The summed E-state index contributed by atoms with van der Waals surface area (Å²) in [4.78, 5) is 40.0. The summed E-state index contributed by atoms with van der Waals surface area (Å²) in [5.74, 6) is -0.784. The highest BCUT2D eigenvalue weighted by Gasteiger charge is 2.39. The zero-order valence-corrected chi connectivity index (χ0v) is 17.2. The second-order valence-electron chi connectivity index (χ2n) is 7.70. The Morgan fingerprint density at radius 2 is 2.10 bits per heavy atom. The van der Waals surface area contributed by atoms with Gasteiger partial charge < -0.3 is 15.0 Å². The number of piperidine rings is 1. The van der Waals surface area contributed by atoms with Gasteiger partial charge in [0.05, 0.1) is 6.61 Å². The van der Waals surface area contributed by atoms with Crippen LogP contribution in [0.1, 0.15) is 40.7 Å². The van der Waals surface area contributed by atoms with Crippen molar-refractivity contribution >= 4 is 17.7 Å². The van der Waals surface area contributed by atoms with E-state index in [-0.39, 0.29) is 24.1 Å². The van der Waals surface area contributed by atoms with E-state index >= 15 is 0 Å². The van der Waals surface area contributed by atoms with Crippen LogP contribution in [0.3, 0.4) is 0 Å². The third-order valence-corrected chi connectivity index (χ3v) is 5.37. The van der Waals surface area contributed by atoms with Crippen molar-refractivity contribution in [3.63, 3.8) is 0 Å². The SMILES string of the molecule is CNCCCOCCN(C)Cc1ccc2c(c1)CN(C1CCC(=O)NC1=O)C2=O. The summed E-state index contributed by atoms with van der Waals surface area (Å²) in [5.41, 5.74) is 2.71. The van der Waals surface area contributed by atoms with Gasteiger partial charge in [0.15, 0.2) is 0 Å². The Morgan fingerprint density at radius 3 is 2.86 bits per heavy atom. The van der Waals surface area contributed by atoms with E-state index in [1.165, 1.54) is 0 Å². The van der Waals surface area contributed by atoms with E-state index in [4.69, 9.17) is 4.74 Å². The third-order valence-electron chi connectivity index (χ3n) is 5.37. The van der Waals surface area contributed by atoms with Gasteiger partial charge in [0.2, 0.25) is 11.8 Å². The van der Waals surface area contributed by atoms with Crippen LogP contribution in [-0.2, 0) is 27.4 Å². The van der Waals surface area contributed by atoms with Gasteiger partial charge in [-0.2, -0.15) is 0 Å². The highest BCUT2D eigenvalue weighted by molar-refractivity contribution is 6.05. The predicted octanol–water partition coefficient (Wildman–Crippen LogP) is 0.506. The van der Waals surface area contributed by atoms with Gasteiger partial charge in [-0.1, -0.05) is 12.1 Å². The molecule has 0 spiro atoms. The van der Waals surface area contributed by atoms with Crippen molar-refractivity contribution in [2.75, 3.05) is 40.4 Å². The van der Waals surface area contributed by atoms with E-state index in [2.05, 4.69) is 15.5 Å². The van der Waals surface area contributed by atoms with Crippen molar-refractivity contribution in [2.24, 2.45) is 0 Å². The topological polar surface area (TPSA) is 91.0 Å². The maximum absolute atomic E-state index is 12.7. The number of nitrogens with one attached hydrogen (secondary N) is 2. The smallest absolute Gasteiger partial charge is 0.255 e. The van der Waals surface area contributed by atoms with Crippen LogP contribution in [0.5, 0.6) is 0 Å². The van der Waals surface area contributed by atoms with Gasteiger partial charge in [-0.05, 0) is 50.7 Å². The number of nitrogens with zero attached hydrogens (tertiary/aromatic N) is 2. The Hall–Kier alpha value is -2.29. The Kier molecular flexibility index (Phi) is 7.35. The minimum absolute atomic E-state index is 0.135. The molecule has 29 heavy (non-hydrogen) atoms. The normalized spacial score (nSPS) is 19.1. The predicted molar refractivity (Wildman–Crippen MR) is 108 cm³/mol. The van der Waals surface area contributed by atoms with Crippen LogP contribution in [0.4, 0.5) is 0 Å². The van der Waals surface area contributed by atoms with Crippen molar-refractivity contribution in [3.05, 3.63) is 34.9 Å². The number of carbonyl (C=O) groups excluding carboxylic acids is 3. The van der Waals surface area contributed by atoms with Crippen molar-refractivity contribution in [2.45, 2.75) is 38.4 Å². The molecule has 0 radical (unpaired) electrons. The summed E-state index contributed by atoms with van der Waals surface area (Å²) in [6.45, 7) is 4.41. The molecule has 8 nitrogen and oxygen atoms in total. The Balaban J connectivity index is 1.53. The lowest BCUT2D eigenvalue weighted by atomic mass is 10.0. The fraction of sp³-hybridized carbons (Fsp3) is 0.571. The molecular formula is C21H30N4O4. The summed E-state index contributed by atoms with van der Waals surface area (Å²) in [5, 5.41) is 5.43. The highest BCUT2D eigenvalue weighted by atomic mass is 16.5. The van der Waals surface area contributed by atoms with Crippen molar-refractivity contribution in [1.82, 2.24) is 20.4 Å². The van der Waals surface area contributed by atoms with Gasteiger partial charge >= 0.3 is 0 Å². The number of hydrogen-bond acceptors (Lipinski definition) is 6. The summed E-state index contributed by atoms with van der Waals surface area (Å²) in [6, 6.07) is 5.29. The highest BCUT2D eigenvalue weighted by Crippen LogP contribution is 2.28. The van der Waals surface area contributed by atoms with Gasteiger partial charge in [0.25, 0.3) is 5.91 Å². The van der Waals surface area contributed by atoms with Crippen molar-refractivity contribution < 1.29 is 19.1 Å². The number of hydrogen-bond donors (Lipinski definition) is 2. The summed E-state index contributed by atoms with van der Waals surface area (Å²) in [6.07, 6.45) is 1.65. The Morgan fingerprint density at radius 1 is 1.28 bits per heavy atom. The van der Waals surface area contributed by atoms with Crippen LogP contribution >= 0.6 is 0 Å². The first-order valence-electron chi connectivity index (χ1n) is 10.2. The molecule has 0 bridgehead atoms. The molecule has 0 aliphatic carbocycles. The number of carbonyl (C=O) groups is 3. The molecule has 2 N–H and O–H groups in total. The van der Waals surface area contributed by atoms with E-state index < -0.39 is 6.04 Å². The molecule has 1 atom stereocenters. The maximum atomic E-state index is 12.7. The number of amides is 3. The number of likely N-dealkylation sites (N-methyl/N-ethyl adjacent to an activating group) is 1. The molecule has 1 aromatic carbocycles. The molecular weight excluding hydrogens is 372 g/mol. The van der Waals surface area contributed by atoms with Gasteiger partial charge in [0.1, 0.15) is 6.04 Å². The van der Waals surface area contributed by atoms with Crippen molar-refractivity contribution in [3.8, 4) is 0 Å². The fourth-order valence-corrected chi connectivity index (χ4v) is 3.79. The standard InChI is InChI=1S/C21H30N4O4/c1-22-8-3-10-29-11-9-24(2)13-15-4-5-17-16(12-15)14-25(21(17)28)18-6-7-19(26)23-20(18)27/h4-5,12,18,22H,3,6-11,13-14H2,1-2H3,(H,23,26,27). The van der Waals surface area contributed by atoms with E-state index in [1.54, 1.807) is 4.90 Å². The molecule has 0 aromatic heterocycles. The molecule has 0 saturated carbocycles. The zero-order valence-electron chi connectivity index (χ0n) is 17.2. The fourth-order valence-electron chi connectivity index (χ4n) is 3.79. The van der Waals surface area contributed by atoms with Gasteiger partial charge in [-0.3, -0.25) is 24.6 Å². The summed E-state index contributed by atoms with van der Waals surface area (Å²) < 4.78 is 5.64. The van der Waals surface area contributed by atoms with Crippen LogP contribution < -0.4 is 10.6 Å². The third kappa shape index (κ3) is 5.41. The van der Waals surface area contributed by atoms with Gasteiger partial charge in [-0.15, -0.1) is 0 Å².